The molecule has 0 fully saturated rings. The summed E-state index contributed by atoms with van der Waals surface area (Å²) in [6.45, 7) is 3.97. The summed E-state index contributed by atoms with van der Waals surface area (Å²) in [6, 6.07) is 1.76. The van der Waals surface area contributed by atoms with Crippen LogP contribution in [-0.4, -0.2) is 22.2 Å². The van der Waals surface area contributed by atoms with Crippen LogP contribution in [0.25, 0.3) is 0 Å². The summed E-state index contributed by atoms with van der Waals surface area (Å²) in [6.07, 6.45) is 6.81. The fourth-order valence-electron chi connectivity index (χ4n) is 2.00. The average molecular weight is 286 g/mol. The monoisotopic (exact) mass is 285 g/mol. The Balaban J connectivity index is 2.60. The van der Waals surface area contributed by atoms with Crippen molar-refractivity contribution in [3.63, 3.8) is 0 Å². The summed E-state index contributed by atoms with van der Waals surface area (Å²) >= 11 is 5.88. The highest BCUT2D eigenvalue weighted by atomic mass is 35.5. The van der Waals surface area contributed by atoms with E-state index in [-0.39, 0.29) is 6.04 Å². The van der Waals surface area contributed by atoms with Gasteiger partial charge in [-0.25, -0.2) is 4.98 Å². The number of hydrogen-bond acceptors (Lipinski definition) is 4. The van der Waals surface area contributed by atoms with Gasteiger partial charge in [0.15, 0.2) is 5.15 Å². The van der Waals surface area contributed by atoms with Gasteiger partial charge in [0.25, 0.3) is 0 Å². The second-order valence-electron chi connectivity index (χ2n) is 4.90. The molecule has 0 aliphatic heterocycles. The SMILES string of the molecule is CCCCCCC(Nc1ccnc(Cl)c1N)C(C)O. The number of aliphatic hydroxyl groups excluding tert-OH is 1. The Hall–Kier alpha value is -1.00. The van der Waals surface area contributed by atoms with E-state index in [9.17, 15) is 5.11 Å². The van der Waals surface area contributed by atoms with E-state index < -0.39 is 6.10 Å². The topological polar surface area (TPSA) is 71.2 Å². The van der Waals surface area contributed by atoms with Crippen LogP contribution >= 0.6 is 11.6 Å². The van der Waals surface area contributed by atoms with Crippen LogP contribution in [0.5, 0.6) is 0 Å². The minimum atomic E-state index is -0.437. The van der Waals surface area contributed by atoms with E-state index in [0.29, 0.717) is 10.8 Å². The molecule has 0 aliphatic carbocycles. The number of nitrogen functional groups attached to an aromatic ring is 1. The summed E-state index contributed by atoms with van der Waals surface area (Å²) in [7, 11) is 0. The van der Waals surface area contributed by atoms with Crippen LogP contribution in [0, 0.1) is 0 Å². The van der Waals surface area contributed by atoms with E-state index in [4.69, 9.17) is 17.3 Å². The van der Waals surface area contributed by atoms with Crippen LogP contribution in [0.3, 0.4) is 0 Å². The molecular formula is C14H24ClN3O. The van der Waals surface area contributed by atoms with Crippen molar-refractivity contribution in [2.24, 2.45) is 0 Å². The Morgan fingerprint density at radius 1 is 1.42 bits per heavy atom. The second-order valence-corrected chi connectivity index (χ2v) is 5.26. The molecule has 4 N–H and O–H groups in total. The molecule has 19 heavy (non-hydrogen) atoms. The van der Waals surface area contributed by atoms with Crippen LogP contribution in [-0.2, 0) is 0 Å². The summed E-state index contributed by atoms with van der Waals surface area (Å²) in [5, 5.41) is 13.4. The van der Waals surface area contributed by atoms with Gasteiger partial charge in [0.2, 0.25) is 0 Å². The molecule has 2 atom stereocenters. The van der Waals surface area contributed by atoms with Gasteiger partial charge in [0.05, 0.1) is 23.5 Å². The van der Waals surface area contributed by atoms with E-state index in [0.717, 1.165) is 18.5 Å². The van der Waals surface area contributed by atoms with Crippen molar-refractivity contribution < 1.29 is 5.11 Å². The summed E-state index contributed by atoms with van der Waals surface area (Å²) in [4.78, 5) is 3.92. The fraction of sp³-hybridized carbons (Fsp3) is 0.643. The first-order valence-corrected chi connectivity index (χ1v) is 7.28. The normalized spacial score (nSPS) is 14.1. The number of aliphatic hydroxyl groups is 1. The van der Waals surface area contributed by atoms with Gasteiger partial charge in [0, 0.05) is 6.20 Å². The predicted octanol–water partition coefficient (Wildman–Crippen LogP) is 3.45. The van der Waals surface area contributed by atoms with Crippen molar-refractivity contribution in [3.8, 4) is 0 Å². The highest BCUT2D eigenvalue weighted by molar-refractivity contribution is 6.32. The molecule has 4 nitrogen and oxygen atoms in total. The van der Waals surface area contributed by atoms with Gasteiger partial charge in [-0.05, 0) is 19.4 Å². The van der Waals surface area contributed by atoms with Gasteiger partial charge in [0.1, 0.15) is 0 Å². The molecule has 108 valence electrons. The number of aromatic nitrogens is 1. The molecule has 0 saturated carbocycles. The lowest BCUT2D eigenvalue weighted by atomic mass is 10.0. The van der Waals surface area contributed by atoms with Crippen molar-refractivity contribution in [3.05, 3.63) is 17.4 Å². The largest absolute Gasteiger partial charge is 0.395 e. The fourth-order valence-corrected chi connectivity index (χ4v) is 2.16. The number of nitrogens with two attached hydrogens (primary N) is 1. The van der Waals surface area contributed by atoms with Gasteiger partial charge in [-0.3, -0.25) is 0 Å². The lowest BCUT2D eigenvalue weighted by molar-refractivity contribution is 0.166. The van der Waals surface area contributed by atoms with Crippen LogP contribution in [0.1, 0.15) is 46.0 Å². The first kappa shape index (κ1) is 16.1. The molecule has 0 aliphatic rings. The lowest BCUT2D eigenvalue weighted by Gasteiger charge is -2.23. The third kappa shape index (κ3) is 5.25. The third-order valence-corrected chi connectivity index (χ3v) is 3.53. The molecule has 0 saturated heterocycles. The molecular weight excluding hydrogens is 262 g/mol. The highest BCUT2D eigenvalue weighted by Gasteiger charge is 2.16. The Morgan fingerprint density at radius 2 is 2.16 bits per heavy atom. The van der Waals surface area contributed by atoms with E-state index in [2.05, 4.69) is 17.2 Å². The van der Waals surface area contributed by atoms with Gasteiger partial charge >= 0.3 is 0 Å². The minimum absolute atomic E-state index is 0.0161. The average Bonchev–Trinajstić information content (AvgIpc) is 2.37. The molecule has 0 bridgehead atoms. The third-order valence-electron chi connectivity index (χ3n) is 3.23. The number of halogens is 1. The highest BCUT2D eigenvalue weighted by Crippen LogP contribution is 2.26. The minimum Gasteiger partial charge on any atom is -0.395 e. The number of anilines is 2. The van der Waals surface area contributed by atoms with E-state index in [1.54, 1.807) is 19.2 Å². The molecule has 5 heteroatoms. The van der Waals surface area contributed by atoms with E-state index in [1.165, 1.54) is 19.3 Å². The standard InChI is InChI=1S/C14H24ClN3O/c1-3-4-5-6-7-11(10(2)19)18-12-8-9-17-14(15)13(12)16/h8-11,19H,3-7,16H2,1-2H3,(H,17,18). The van der Waals surface area contributed by atoms with Gasteiger partial charge in [-0.1, -0.05) is 44.2 Å². The van der Waals surface area contributed by atoms with Gasteiger partial charge < -0.3 is 16.2 Å². The number of rotatable bonds is 8. The van der Waals surface area contributed by atoms with Gasteiger partial charge in [-0.2, -0.15) is 0 Å². The zero-order chi connectivity index (χ0) is 14.3. The first-order valence-electron chi connectivity index (χ1n) is 6.90. The van der Waals surface area contributed by atoms with Crippen molar-refractivity contribution in [2.45, 2.75) is 58.1 Å². The number of nitrogens with zero attached hydrogens (tertiary/aromatic N) is 1. The lowest BCUT2D eigenvalue weighted by Crippen LogP contribution is -2.31. The maximum absolute atomic E-state index is 9.84. The van der Waals surface area contributed by atoms with Crippen molar-refractivity contribution in [2.75, 3.05) is 11.1 Å². The first-order chi connectivity index (χ1) is 9.06. The molecule has 2 unspecified atom stereocenters. The maximum Gasteiger partial charge on any atom is 0.153 e. The molecule has 0 amide bonds. The van der Waals surface area contributed by atoms with E-state index in [1.807, 2.05) is 0 Å². The molecule has 1 aromatic heterocycles. The van der Waals surface area contributed by atoms with Crippen LogP contribution in [0.15, 0.2) is 12.3 Å². The Kier molecular flexibility index (Phi) is 6.95. The van der Waals surface area contributed by atoms with Crippen LogP contribution in [0.2, 0.25) is 5.15 Å². The predicted molar refractivity (Wildman–Crippen MR) is 81.5 cm³/mol. The zero-order valence-corrected chi connectivity index (χ0v) is 12.5. The summed E-state index contributed by atoms with van der Waals surface area (Å²) in [5.41, 5.74) is 7.04. The maximum atomic E-state index is 9.84. The molecule has 0 spiro atoms. The van der Waals surface area contributed by atoms with Crippen molar-refractivity contribution in [1.29, 1.82) is 0 Å². The molecule has 1 heterocycles. The molecule has 0 aromatic carbocycles. The van der Waals surface area contributed by atoms with Crippen LogP contribution < -0.4 is 11.1 Å². The Morgan fingerprint density at radius 3 is 2.79 bits per heavy atom. The molecule has 0 radical (unpaired) electrons. The molecule has 1 rings (SSSR count). The second kappa shape index (κ2) is 8.23. The quantitative estimate of drug-likeness (QED) is 0.505. The zero-order valence-electron chi connectivity index (χ0n) is 11.7. The van der Waals surface area contributed by atoms with E-state index >= 15 is 0 Å². The van der Waals surface area contributed by atoms with Gasteiger partial charge in [-0.15, -0.1) is 0 Å². The smallest absolute Gasteiger partial charge is 0.153 e. The van der Waals surface area contributed by atoms with Crippen LogP contribution in [0.4, 0.5) is 11.4 Å². The number of unbranched alkanes of at least 4 members (excludes halogenated alkanes) is 3. The summed E-state index contributed by atoms with van der Waals surface area (Å²) < 4.78 is 0. The van der Waals surface area contributed by atoms with Crippen molar-refractivity contribution in [1.82, 2.24) is 4.98 Å². The Labute approximate surface area is 120 Å². The van der Waals surface area contributed by atoms with Crippen molar-refractivity contribution >= 4 is 23.0 Å². The number of pyridine rings is 1. The number of nitrogens with one attached hydrogen (secondary N) is 1. The summed E-state index contributed by atoms with van der Waals surface area (Å²) in [5.74, 6) is 0. The molecule has 1 aromatic rings. The Bertz CT molecular complexity index is 385. The number of hydrogen-bond donors (Lipinski definition) is 3.